The standard InChI is InChI=1S/C10H9F3N2O3/c1-18-7-4-5(8(14)16)2-3-6(7)15-9(17)10(11,12)13/h2-4H,1H3,(H2,14,16)(H,15,17). The van der Waals surface area contributed by atoms with Crippen LogP contribution in [0, 0.1) is 0 Å². The van der Waals surface area contributed by atoms with Crippen LogP contribution in [0.2, 0.25) is 0 Å². The fourth-order valence-electron chi connectivity index (χ4n) is 1.14. The molecule has 8 heteroatoms. The molecule has 1 aromatic carbocycles. The van der Waals surface area contributed by atoms with Crippen molar-refractivity contribution in [3.8, 4) is 5.75 Å². The third-order valence-electron chi connectivity index (χ3n) is 1.99. The van der Waals surface area contributed by atoms with E-state index < -0.39 is 18.0 Å². The van der Waals surface area contributed by atoms with Crippen LogP contribution in [0.25, 0.3) is 0 Å². The lowest BCUT2D eigenvalue weighted by molar-refractivity contribution is -0.167. The number of hydrogen-bond acceptors (Lipinski definition) is 3. The van der Waals surface area contributed by atoms with E-state index in [1.54, 1.807) is 5.32 Å². The van der Waals surface area contributed by atoms with Crippen LogP contribution < -0.4 is 15.8 Å². The summed E-state index contributed by atoms with van der Waals surface area (Å²) >= 11 is 0. The number of anilines is 1. The Morgan fingerprint density at radius 2 is 1.94 bits per heavy atom. The highest BCUT2D eigenvalue weighted by Gasteiger charge is 2.39. The topological polar surface area (TPSA) is 81.4 Å². The van der Waals surface area contributed by atoms with E-state index in [0.29, 0.717) is 0 Å². The Labute approximate surface area is 99.7 Å². The molecule has 18 heavy (non-hydrogen) atoms. The third-order valence-corrected chi connectivity index (χ3v) is 1.99. The summed E-state index contributed by atoms with van der Waals surface area (Å²) in [4.78, 5) is 21.6. The van der Waals surface area contributed by atoms with Gasteiger partial charge in [0, 0.05) is 5.56 Å². The molecule has 0 bridgehead atoms. The molecule has 0 radical (unpaired) electrons. The van der Waals surface area contributed by atoms with E-state index in [4.69, 9.17) is 10.5 Å². The summed E-state index contributed by atoms with van der Waals surface area (Å²) in [6.45, 7) is 0. The van der Waals surface area contributed by atoms with Gasteiger partial charge < -0.3 is 15.8 Å². The maximum Gasteiger partial charge on any atom is 0.471 e. The minimum atomic E-state index is -5.01. The number of alkyl halides is 3. The van der Waals surface area contributed by atoms with E-state index in [1.165, 1.54) is 13.2 Å². The van der Waals surface area contributed by atoms with Gasteiger partial charge in [0.2, 0.25) is 5.91 Å². The van der Waals surface area contributed by atoms with Crippen molar-refractivity contribution < 1.29 is 27.5 Å². The summed E-state index contributed by atoms with van der Waals surface area (Å²) in [5, 5.41) is 1.63. The number of halogens is 3. The Morgan fingerprint density at radius 3 is 2.39 bits per heavy atom. The lowest BCUT2D eigenvalue weighted by Gasteiger charge is -2.12. The number of carbonyl (C=O) groups is 2. The fourth-order valence-corrected chi connectivity index (χ4v) is 1.14. The fraction of sp³-hybridized carbons (Fsp3) is 0.200. The molecule has 0 saturated carbocycles. The average Bonchev–Trinajstić information content (AvgIpc) is 2.27. The number of carbonyl (C=O) groups excluding carboxylic acids is 2. The number of amides is 2. The second kappa shape index (κ2) is 4.94. The van der Waals surface area contributed by atoms with Crippen LogP contribution in [0.15, 0.2) is 18.2 Å². The molecule has 5 nitrogen and oxygen atoms in total. The second-order valence-electron chi connectivity index (χ2n) is 3.23. The van der Waals surface area contributed by atoms with Crippen LogP contribution in [-0.2, 0) is 4.79 Å². The predicted molar refractivity (Wildman–Crippen MR) is 56.2 cm³/mol. The first kappa shape index (κ1) is 13.8. The van der Waals surface area contributed by atoms with Crippen LogP contribution in [0.5, 0.6) is 5.75 Å². The molecule has 1 rings (SSSR count). The molecule has 1 aromatic rings. The Kier molecular flexibility index (Phi) is 3.79. The lowest BCUT2D eigenvalue weighted by atomic mass is 10.2. The number of hydrogen-bond donors (Lipinski definition) is 2. The molecule has 0 aliphatic rings. The quantitative estimate of drug-likeness (QED) is 0.861. The number of primary amides is 1. The SMILES string of the molecule is COc1cc(C(N)=O)ccc1NC(=O)C(F)(F)F. The summed E-state index contributed by atoms with van der Waals surface area (Å²) in [7, 11) is 1.18. The summed E-state index contributed by atoms with van der Waals surface area (Å²) in [6, 6.07) is 3.41. The number of methoxy groups -OCH3 is 1. The smallest absolute Gasteiger partial charge is 0.471 e. The summed E-state index contributed by atoms with van der Waals surface area (Å²) < 4.78 is 40.9. The molecule has 3 N–H and O–H groups in total. The van der Waals surface area contributed by atoms with Crippen molar-refractivity contribution in [3.05, 3.63) is 23.8 Å². The van der Waals surface area contributed by atoms with E-state index in [-0.39, 0.29) is 17.0 Å². The largest absolute Gasteiger partial charge is 0.495 e. The van der Waals surface area contributed by atoms with Gasteiger partial charge in [0.25, 0.3) is 0 Å². The van der Waals surface area contributed by atoms with Gasteiger partial charge in [0.05, 0.1) is 12.8 Å². The first-order valence-corrected chi connectivity index (χ1v) is 4.61. The molecule has 0 aliphatic carbocycles. The maximum absolute atomic E-state index is 12.1. The third kappa shape index (κ3) is 3.12. The number of benzene rings is 1. The highest BCUT2D eigenvalue weighted by molar-refractivity contribution is 5.98. The van der Waals surface area contributed by atoms with Gasteiger partial charge in [0.15, 0.2) is 0 Å². The normalized spacial score (nSPS) is 10.9. The van der Waals surface area contributed by atoms with Gasteiger partial charge in [-0.15, -0.1) is 0 Å². The molecule has 0 spiro atoms. The van der Waals surface area contributed by atoms with E-state index in [9.17, 15) is 22.8 Å². The zero-order chi connectivity index (χ0) is 13.9. The maximum atomic E-state index is 12.1. The van der Waals surface area contributed by atoms with Gasteiger partial charge in [0.1, 0.15) is 5.75 Å². The van der Waals surface area contributed by atoms with Crippen molar-refractivity contribution in [1.82, 2.24) is 0 Å². The van der Waals surface area contributed by atoms with Crippen molar-refractivity contribution in [2.24, 2.45) is 5.73 Å². The Morgan fingerprint density at radius 1 is 1.33 bits per heavy atom. The molecule has 0 unspecified atom stereocenters. The van der Waals surface area contributed by atoms with E-state index in [0.717, 1.165) is 12.1 Å². The molecular weight excluding hydrogens is 253 g/mol. The number of ether oxygens (including phenoxy) is 1. The highest BCUT2D eigenvalue weighted by Crippen LogP contribution is 2.27. The Balaban J connectivity index is 3.04. The van der Waals surface area contributed by atoms with Crippen LogP contribution in [0.1, 0.15) is 10.4 Å². The molecule has 0 heterocycles. The highest BCUT2D eigenvalue weighted by atomic mass is 19.4. The van der Waals surface area contributed by atoms with E-state index in [2.05, 4.69) is 0 Å². The van der Waals surface area contributed by atoms with Gasteiger partial charge >= 0.3 is 12.1 Å². The monoisotopic (exact) mass is 262 g/mol. The Hall–Kier alpha value is -2.25. The van der Waals surface area contributed by atoms with Crippen molar-refractivity contribution in [1.29, 1.82) is 0 Å². The zero-order valence-corrected chi connectivity index (χ0v) is 9.17. The molecule has 0 aromatic heterocycles. The van der Waals surface area contributed by atoms with Crippen molar-refractivity contribution in [2.75, 3.05) is 12.4 Å². The van der Waals surface area contributed by atoms with Gasteiger partial charge in [-0.3, -0.25) is 9.59 Å². The summed E-state index contributed by atoms with van der Waals surface area (Å²) in [5.41, 5.74) is 4.84. The zero-order valence-electron chi connectivity index (χ0n) is 9.17. The first-order chi connectivity index (χ1) is 8.25. The first-order valence-electron chi connectivity index (χ1n) is 4.61. The molecule has 2 amide bonds. The van der Waals surface area contributed by atoms with Crippen molar-refractivity contribution >= 4 is 17.5 Å². The average molecular weight is 262 g/mol. The van der Waals surface area contributed by atoms with Crippen LogP contribution >= 0.6 is 0 Å². The predicted octanol–water partition coefficient (Wildman–Crippen LogP) is 1.29. The molecule has 0 aliphatic heterocycles. The minimum Gasteiger partial charge on any atom is -0.495 e. The lowest BCUT2D eigenvalue weighted by Crippen LogP contribution is -2.30. The van der Waals surface area contributed by atoms with Gasteiger partial charge in [-0.25, -0.2) is 0 Å². The molecule has 0 fully saturated rings. The van der Waals surface area contributed by atoms with Gasteiger partial charge in [-0.05, 0) is 18.2 Å². The number of nitrogens with two attached hydrogens (primary N) is 1. The Bertz CT molecular complexity index is 486. The van der Waals surface area contributed by atoms with Crippen molar-refractivity contribution in [3.63, 3.8) is 0 Å². The molecule has 0 atom stereocenters. The number of rotatable bonds is 3. The van der Waals surface area contributed by atoms with Crippen LogP contribution in [0.3, 0.4) is 0 Å². The summed E-state index contributed by atoms with van der Waals surface area (Å²) in [5.74, 6) is -2.99. The van der Waals surface area contributed by atoms with Crippen molar-refractivity contribution in [2.45, 2.75) is 6.18 Å². The molecular formula is C10H9F3N2O3. The van der Waals surface area contributed by atoms with Crippen LogP contribution in [0.4, 0.5) is 18.9 Å². The van der Waals surface area contributed by atoms with E-state index in [1.807, 2.05) is 0 Å². The van der Waals surface area contributed by atoms with Gasteiger partial charge in [-0.2, -0.15) is 13.2 Å². The number of nitrogens with one attached hydrogen (secondary N) is 1. The summed E-state index contributed by atoms with van der Waals surface area (Å²) in [6.07, 6.45) is -5.01. The molecule has 98 valence electrons. The van der Waals surface area contributed by atoms with E-state index >= 15 is 0 Å². The molecule has 0 saturated heterocycles. The second-order valence-corrected chi connectivity index (χ2v) is 3.23. The minimum absolute atomic E-state index is 0.0526. The van der Waals surface area contributed by atoms with Gasteiger partial charge in [-0.1, -0.05) is 0 Å². The van der Waals surface area contributed by atoms with Crippen LogP contribution in [-0.4, -0.2) is 25.1 Å².